The monoisotopic (exact) mass is 539 g/mol. The molecule has 0 aliphatic heterocycles. The van der Waals surface area contributed by atoms with E-state index in [0.29, 0.717) is 23.0 Å². The Morgan fingerprint density at radius 2 is 1.44 bits per heavy atom. The highest BCUT2D eigenvalue weighted by Gasteiger charge is 2.51. The van der Waals surface area contributed by atoms with Crippen molar-refractivity contribution in [2.45, 2.75) is 63.3 Å². The fourth-order valence-corrected chi connectivity index (χ4v) is 9.72. The van der Waals surface area contributed by atoms with Gasteiger partial charge in [0.25, 0.3) is 0 Å². The SMILES string of the molecule is [N-]=[N+]=NC1C(=O)C(CCC23CC4CC(CC(C4)C2)C3)=c2ccc3c(c2C1=O)C(c1ccccc1)C=c1ccccc1=3. The zero-order valence-electron chi connectivity index (χ0n) is 23.1. The third-order valence-electron chi connectivity index (χ3n) is 10.9. The van der Waals surface area contributed by atoms with Crippen LogP contribution in [0.3, 0.4) is 0 Å². The molecule has 6 aliphatic rings. The molecule has 5 heteroatoms. The lowest BCUT2D eigenvalue weighted by molar-refractivity contribution is -0.114. The van der Waals surface area contributed by atoms with Crippen molar-refractivity contribution in [3.63, 3.8) is 0 Å². The average molecular weight is 540 g/mol. The largest absolute Gasteiger partial charge is 0.294 e. The first-order valence-corrected chi connectivity index (χ1v) is 15.2. The number of azide groups is 1. The molecule has 204 valence electrons. The van der Waals surface area contributed by atoms with Crippen molar-refractivity contribution < 1.29 is 9.59 Å². The molecule has 0 saturated heterocycles. The molecule has 0 N–H and O–H groups in total. The van der Waals surface area contributed by atoms with Crippen LogP contribution in [0.2, 0.25) is 0 Å². The van der Waals surface area contributed by atoms with Crippen molar-refractivity contribution in [2.24, 2.45) is 28.3 Å². The Balaban J connectivity index is 1.35. The molecule has 2 unspecified atom stereocenters. The molecule has 0 amide bonds. The quantitative estimate of drug-likeness (QED) is 0.161. The molecule has 4 fully saturated rings. The summed E-state index contributed by atoms with van der Waals surface area (Å²) in [6, 6.07) is 21.3. The molecule has 4 bridgehead atoms. The summed E-state index contributed by atoms with van der Waals surface area (Å²) in [5.74, 6) is 1.70. The van der Waals surface area contributed by atoms with Gasteiger partial charge in [0.15, 0.2) is 17.6 Å². The van der Waals surface area contributed by atoms with E-state index in [4.69, 9.17) is 0 Å². The molecule has 0 spiro atoms. The number of fused-ring (bicyclic) bond motifs is 4. The van der Waals surface area contributed by atoms with Crippen LogP contribution in [-0.4, -0.2) is 17.6 Å². The smallest absolute Gasteiger partial charge is 0.180 e. The van der Waals surface area contributed by atoms with Crippen LogP contribution in [0.4, 0.5) is 0 Å². The van der Waals surface area contributed by atoms with Crippen molar-refractivity contribution in [1.29, 1.82) is 0 Å². The molecule has 0 aromatic heterocycles. The Bertz CT molecular complexity index is 1850. The molecule has 0 radical (unpaired) electrons. The first-order chi connectivity index (χ1) is 20.0. The number of rotatable bonds is 5. The van der Waals surface area contributed by atoms with Gasteiger partial charge in [-0.25, -0.2) is 0 Å². The van der Waals surface area contributed by atoms with Gasteiger partial charge in [0.05, 0.1) is 0 Å². The normalized spacial score (nSPS) is 30.6. The number of hydrogen-bond acceptors (Lipinski definition) is 3. The van der Waals surface area contributed by atoms with Gasteiger partial charge in [-0.05, 0) is 112 Å². The molecule has 2 atom stereocenters. The third-order valence-corrected chi connectivity index (χ3v) is 10.9. The number of hydrogen-bond donors (Lipinski definition) is 0. The molecule has 5 nitrogen and oxygen atoms in total. The molecule has 3 aromatic carbocycles. The van der Waals surface area contributed by atoms with Gasteiger partial charge in [-0.2, -0.15) is 0 Å². The van der Waals surface area contributed by atoms with E-state index in [0.717, 1.165) is 56.2 Å². The topological polar surface area (TPSA) is 82.9 Å². The number of Topliss-reactive ketones (excluding diaryl/α,β-unsaturated/α-hetero) is 2. The van der Waals surface area contributed by atoms with Gasteiger partial charge in [-0.15, -0.1) is 0 Å². The fraction of sp³-hybridized carbons (Fsp3) is 0.389. The maximum Gasteiger partial charge on any atom is 0.180 e. The molecule has 6 aliphatic carbocycles. The molecule has 41 heavy (non-hydrogen) atoms. The predicted octanol–water partition coefficient (Wildman–Crippen LogP) is 6.49. The van der Waals surface area contributed by atoms with Crippen LogP contribution in [0.5, 0.6) is 0 Å². The Hall–Kier alpha value is -3.95. The highest BCUT2D eigenvalue weighted by molar-refractivity contribution is 6.32. The van der Waals surface area contributed by atoms with Gasteiger partial charge >= 0.3 is 0 Å². The third kappa shape index (κ3) is 3.86. The molecule has 9 rings (SSSR count). The minimum absolute atomic E-state index is 0.149. The van der Waals surface area contributed by atoms with Crippen LogP contribution in [0, 0.1) is 33.6 Å². The van der Waals surface area contributed by atoms with E-state index in [-0.39, 0.29) is 17.5 Å². The van der Waals surface area contributed by atoms with Gasteiger partial charge in [0, 0.05) is 22.0 Å². The molecular formula is C36H33N3O2. The second kappa shape index (κ2) is 9.29. The second-order valence-electron chi connectivity index (χ2n) is 13.3. The molecule has 4 saturated carbocycles. The van der Waals surface area contributed by atoms with E-state index in [9.17, 15) is 15.1 Å². The van der Waals surface area contributed by atoms with Crippen LogP contribution in [0.15, 0.2) is 71.8 Å². The van der Waals surface area contributed by atoms with Crippen molar-refractivity contribution in [1.82, 2.24) is 0 Å². The summed E-state index contributed by atoms with van der Waals surface area (Å²) in [5, 5.41) is 7.79. The van der Waals surface area contributed by atoms with E-state index in [1.54, 1.807) is 0 Å². The summed E-state index contributed by atoms with van der Waals surface area (Å²) in [5.41, 5.74) is 13.0. The van der Waals surface area contributed by atoms with E-state index < -0.39 is 6.04 Å². The summed E-state index contributed by atoms with van der Waals surface area (Å²) in [6.45, 7) is 0. The first-order valence-electron chi connectivity index (χ1n) is 15.2. The number of benzene rings is 3. The van der Waals surface area contributed by atoms with Crippen molar-refractivity contribution in [3.05, 3.63) is 115 Å². The van der Waals surface area contributed by atoms with Crippen molar-refractivity contribution >= 4 is 23.2 Å². The van der Waals surface area contributed by atoms with Gasteiger partial charge < -0.3 is 0 Å². The summed E-state index contributed by atoms with van der Waals surface area (Å²) in [4.78, 5) is 31.0. The Morgan fingerprint density at radius 1 is 0.780 bits per heavy atom. The summed E-state index contributed by atoms with van der Waals surface area (Å²) >= 11 is 0. The lowest BCUT2D eigenvalue weighted by Crippen LogP contribution is -2.46. The van der Waals surface area contributed by atoms with Crippen LogP contribution in [-0.2, 0) is 4.79 Å². The van der Waals surface area contributed by atoms with E-state index in [1.807, 2.05) is 36.4 Å². The highest BCUT2D eigenvalue weighted by atomic mass is 16.2. The molecular weight excluding hydrogens is 506 g/mol. The first kappa shape index (κ1) is 24.8. The summed E-state index contributed by atoms with van der Waals surface area (Å²) in [7, 11) is 0. The van der Waals surface area contributed by atoms with E-state index in [1.165, 1.54) is 38.5 Å². The van der Waals surface area contributed by atoms with Crippen molar-refractivity contribution in [3.8, 4) is 0 Å². The number of carbonyl (C=O) groups excluding carboxylic acids is 2. The summed E-state index contributed by atoms with van der Waals surface area (Å²) < 4.78 is 0. The standard InChI is InChI=1S/C36H33N3O2/c37-39-38-33-34(40)29(12-13-36-18-21-14-22(19-36)16-23(15-21)20-36)28-11-10-27-26-9-5-4-8-25(26)17-30(24-6-2-1-3-7-24)31(27)32(28)35(33)41/h1-11,17,21-23,30,33H,12-16,18-20H2. The van der Waals surface area contributed by atoms with Crippen LogP contribution >= 0.6 is 0 Å². The van der Waals surface area contributed by atoms with Gasteiger partial charge in [0.2, 0.25) is 0 Å². The number of nitrogens with zero attached hydrogens (tertiary/aromatic N) is 3. The number of ketones is 2. The average Bonchev–Trinajstić information content (AvgIpc) is 2.98. The lowest BCUT2D eigenvalue weighted by Gasteiger charge is -2.57. The Morgan fingerprint density at radius 3 is 2.15 bits per heavy atom. The highest BCUT2D eigenvalue weighted by Crippen LogP contribution is 2.62. The van der Waals surface area contributed by atoms with Gasteiger partial charge in [-0.3, -0.25) is 9.59 Å². The van der Waals surface area contributed by atoms with Crippen LogP contribution < -0.4 is 10.4 Å². The van der Waals surface area contributed by atoms with E-state index in [2.05, 4.69) is 46.4 Å². The van der Waals surface area contributed by atoms with Gasteiger partial charge in [0.1, 0.15) is 0 Å². The minimum Gasteiger partial charge on any atom is -0.294 e. The minimum atomic E-state index is -1.33. The summed E-state index contributed by atoms with van der Waals surface area (Å²) in [6.07, 6.45) is 11.8. The lowest BCUT2D eigenvalue weighted by atomic mass is 9.48. The zero-order chi connectivity index (χ0) is 27.7. The maximum atomic E-state index is 14.1. The van der Waals surface area contributed by atoms with Gasteiger partial charge in [-0.1, -0.05) is 77.9 Å². The van der Waals surface area contributed by atoms with E-state index >= 15 is 0 Å². The molecule has 0 heterocycles. The fourth-order valence-electron chi connectivity index (χ4n) is 9.72. The van der Waals surface area contributed by atoms with Crippen LogP contribution in [0.1, 0.15) is 78.8 Å². The number of carbonyl (C=O) groups is 2. The predicted molar refractivity (Wildman–Crippen MR) is 158 cm³/mol. The Labute approximate surface area is 238 Å². The zero-order valence-corrected chi connectivity index (χ0v) is 23.1. The second-order valence-corrected chi connectivity index (χ2v) is 13.3. The van der Waals surface area contributed by atoms with Crippen molar-refractivity contribution in [2.75, 3.05) is 0 Å². The molecule has 3 aromatic rings. The van der Waals surface area contributed by atoms with Crippen LogP contribution in [0.25, 0.3) is 22.1 Å². The maximum absolute atomic E-state index is 14.1. The Kier molecular flexibility index (Phi) is 5.62.